The second-order valence-corrected chi connectivity index (χ2v) is 4.01. The lowest BCUT2D eigenvalue weighted by molar-refractivity contribution is 0.268. The lowest BCUT2D eigenvalue weighted by Gasteiger charge is -2.05. The third-order valence-electron chi connectivity index (χ3n) is 1.53. The molecule has 3 nitrogen and oxygen atoms in total. The molecule has 0 radical (unpaired) electrons. The number of rotatable bonds is 4. The van der Waals surface area contributed by atoms with Crippen molar-refractivity contribution in [2.24, 2.45) is 5.92 Å². The third kappa shape index (κ3) is 4.22. The average molecular weight is 245 g/mol. The van der Waals surface area contributed by atoms with Crippen molar-refractivity contribution in [3.8, 4) is 6.01 Å². The molecular weight excluding hydrogens is 232 g/mol. The summed E-state index contributed by atoms with van der Waals surface area (Å²) in [7, 11) is 0. The maximum absolute atomic E-state index is 5.35. The van der Waals surface area contributed by atoms with Gasteiger partial charge >= 0.3 is 6.01 Å². The highest BCUT2D eigenvalue weighted by Crippen LogP contribution is 2.09. The van der Waals surface area contributed by atoms with Crippen molar-refractivity contribution in [2.75, 3.05) is 6.61 Å². The van der Waals surface area contributed by atoms with Crippen LogP contribution in [0.25, 0.3) is 0 Å². The maximum Gasteiger partial charge on any atom is 0.317 e. The molecule has 0 spiro atoms. The summed E-state index contributed by atoms with van der Waals surface area (Å²) in [5.41, 5.74) is 0. The van der Waals surface area contributed by atoms with E-state index < -0.39 is 0 Å². The Labute approximate surface area is 86.7 Å². The molecular formula is C9H13BrN2O. The molecule has 0 N–H and O–H groups in total. The molecule has 0 aliphatic heterocycles. The van der Waals surface area contributed by atoms with Gasteiger partial charge in [0.2, 0.25) is 0 Å². The lowest BCUT2D eigenvalue weighted by Crippen LogP contribution is -2.03. The maximum atomic E-state index is 5.35. The topological polar surface area (TPSA) is 35.0 Å². The van der Waals surface area contributed by atoms with Crippen LogP contribution in [0, 0.1) is 5.92 Å². The van der Waals surface area contributed by atoms with E-state index in [1.54, 1.807) is 12.3 Å². The summed E-state index contributed by atoms with van der Waals surface area (Å²) >= 11 is 3.25. The van der Waals surface area contributed by atoms with E-state index in [0.717, 1.165) is 11.0 Å². The van der Waals surface area contributed by atoms with Crippen LogP contribution in [-0.4, -0.2) is 16.6 Å². The number of ether oxygens (including phenoxy) is 1. The van der Waals surface area contributed by atoms with Gasteiger partial charge in [-0.25, -0.2) is 4.98 Å². The Balaban J connectivity index is 2.37. The van der Waals surface area contributed by atoms with Crippen LogP contribution in [0.4, 0.5) is 0 Å². The third-order valence-corrected chi connectivity index (χ3v) is 1.97. The largest absolute Gasteiger partial charge is 0.463 e. The molecule has 1 heterocycles. The first-order valence-corrected chi connectivity index (χ1v) is 5.09. The van der Waals surface area contributed by atoms with Crippen molar-refractivity contribution in [2.45, 2.75) is 20.3 Å². The van der Waals surface area contributed by atoms with Crippen LogP contribution < -0.4 is 4.74 Å². The van der Waals surface area contributed by atoms with E-state index in [-0.39, 0.29) is 0 Å². The van der Waals surface area contributed by atoms with E-state index in [4.69, 9.17) is 4.74 Å². The van der Waals surface area contributed by atoms with Gasteiger partial charge in [-0.15, -0.1) is 0 Å². The van der Waals surface area contributed by atoms with E-state index in [1.807, 2.05) is 0 Å². The smallest absolute Gasteiger partial charge is 0.317 e. The monoisotopic (exact) mass is 244 g/mol. The first-order chi connectivity index (χ1) is 6.18. The predicted molar refractivity (Wildman–Crippen MR) is 54.7 cm³/mol. The first-order valence-electron chi connectivity index (χ1n) is 4.30. The normalized spacial score (nSPS) is 10.5. The SMILES string of the molecule is CC(C)CCOc1nccc(Br)n1. The van der Waals surface area contributed by atoms with Crippen LogP contribution in [0.5, 0.6) is 6.01 Å². The zero-order valence-corrected chi connectivity index (χ0v) is 9.41. The molecule has 72 valence electrons. The molecule has 13 heavy (non-hydrogen) atoms. The summed E-state index contributed by atoms with van der Waals surface area (Å²) in [4.78, 5) is 8.03. The number of aromatic nitrogens is 2. The van der Waals surface area contributed by atoms with Crippen LogP contribution in [0.3, 0.4) is 0 Å². The minimum absolute atomic E-state index is 0.440. The Kier molecular flexibility index (Phi) is 4.15. The molecule has 4 heteroatoms. The van der Waals surface area contributed by atoms with Gasteiger partial charge in [-0.3, -0.25) is 0 Å². The zero-order chi connectivity index (χ0) is 9.68. The molecule has 0 aliphatic carbocycles. The number of nitrogens with zero attached hydrogens (tertiary/aromatic N) is 2. The summed E-state index contributed by atoms with van der Waals surface area (Å²) < 4.78 is 6.10. The molecule has 0 aliphatic rings. The minimum atomic E-state index is 0.440. The van der Waals surface area contributed by atoms with E-state index >= 15 is 0 Å². The fraction of sp³-hybridized carbons (Fsp3) is 0.556. The van der Waals surface area contributed by atoms with Crippen molar-refractivity contribution >= 4 is 15.9 Å². The Morgan fingerprint density at radius 1 is 1.54 bits per heavy atom. The standard InChI is InChI=1S/C9H13BrN2O/c1-7(2)4-6-13-9-11-5-3-8(10)12-9/h3,5,7H,4,6H2,1-2H3. The highest BCUT2D eigenvalue weighted by molar-refractivity contribution is 9.10. The van der Waals surface area contributed by atoms with Crippen molar-refractivity contribution < 1.29 is 4.74 Å². The summed E-state index contributed by atoms with van der Waals surface area (Å²) in [5, 5.41) is 0. The highest BCUT2D eigenvalue weighted by atomic mass is 79.9. The lowest BCUT2D eigenvalue weighted by atomic mass is 10.1. The summed E-state index contributed by atoms with van der Waals surface area (Å²) in [5.74, 6) is 0.646. The van der Waals surface area contributed by atoms with Crippen LogP contribution in [0.1, 0.15) is 20.3 Å². The number of halogens is 1. The molecule has 1 aromatic rings. The molecule has 0 amide bonds. The number of hydrogen-bond donors (Lipinski definition) is 0. The fourth-order valence-electron chi connectivity index (χ4n) is 0.775. The predicted octanol–water partition coefficient (Wildman–Crippen LogP) is 2.66. The Bertz CT molecular complexity index is 266. The fourth-order valence-corrected chi connectivity index (χ4v) is 1.05. The molecule has 0 unspecified atom stereocenters. The number of hydrogen-bond acceptors (Lipinski definition) is 3. The second-order valence-electron chi connectivity index (χ2n) is 3.19. The quantitative estimate of drug-likeness (QED) is 0.765. The Morgan fingerprint density at radius 3 is 2.92 bits per heavy atom. The van der Waals surface area contributed by atoms with E-state index in [2.05, 4.69) is 39.7 Å². The minimum Gasteiger partial charge on any atom is -0.463 e. The van der Waals surface area contributed by atoms with Crippen molar-refractivity contribution in [3.05, 3.63) is 16.9 Å². The van der Waals surface area contributed by atoms with E-state index in [1.165, 1.54) is 0 Å². The summed E-state index contributed by atoms with van der Waals surface area (Å²) in [6, 6.07) is 2.21. The van der Waals surface area contributed by atoms with Crippen molar-refractivity contribution in [1.29, 1.82) is 0 Å². The molecule has 0 atom stereocenters. The van der Waals surface area contributed by atoms with Gasteiger partial charge in [-0.1, -0.05) is 13.8 Å². The summed E-state index contributed by atoms with van der Waals surface area (Å²) in [6.45, 7) is 4.99. The van der Waals surface area contributed by atoms with Crippen molar-refractivity contribution in [3.63, 3.8) is 0 Å². The van der Waals surface area contributed by atoms with Gasteiger partial charge in [0, 0.05) is 6.20 Å². The molecule has 0 bridgehead atoms. The molecule has 0 saturated heterocycles. The van der Waals surface area contributed by atoms with Gasteiger partial charge in [0.15, 0.2) is 0 Å². The highest BCUT2D eigenvalue weighted by Gasteiger charge is 1.99. The van der Waals surface area contributed by atoms with E-state index in [0.29, 0.717) is 18.5 Å². The van der Waals surface area contributed by atoms with Gasteiger partial charge in [-0.05, 0) is 34.3 Å². The average Bonchev–Trinajstić information content (AvgIpc) is 2.03. The molecule has 0 saturated carbocycles. The van der Waals surface area contributed by atoms with Crippen LogP contribution in [-0.2, 0) is 0 Å². The second kappa shape index (κ2) is 5.17. The molecule has 1 rings (SSSR count). The Hall–Kier alpha value is -0.640. The van der Waals surface area contributed by atoms with Crippen LogP contribution in [0.2, 0.25) is 0 Å². The molecule has 0 fully saturated rings. The first kappa shape index (κ1) is 10.4. The molecule has 0 aromatic carbocycles. The molecule has 1 aromatic heterocycles. The van der Waals surface area contributed by atoms with Gasteiger partial charge in [0.25, 0.3) is 0 Å². The van der Waals surface area contributed by atoms with Gasteiger partial charge in [0.1, 0.15) is 4.60 Å². The van der Waals surface area contributed by atoms with Gasteiger partial charge in [0.05, 0.1) is 6.61 Å². The van der Waals surface area contributed by atoms with Crippen molar-refractivity contribution in [1.82, 2.24) is 9.97 Å². The van der Waals surface area contributed by atoms with E-state index in [9.17, 15) is 0 Å². The van der Waals surface area contributed by atoms with Gasteiger partial charge in [-0.2, -0.15) is 4.98 Å². The van der Waals surface area contributed by atoms with Crippen LogP contribution >= 0.6 is 15.9 Å². The Morgan fingerprint density at radius 2 is 2.31 bits per heavy atom. The summed E-state index contributed by atoms with van der Waals surface area (Å²) in [6.07, 6.45) is 2.69. The van der Waals surface area contributed by atoms with Crippen LogP contribution in [0.15, 0.2) is 16.9 Å². The van der Waals surface area contributed by atoms with Gasteiger partial charge < -0.3 is 4.74 Å². The zero-order valence-electron chi connectivity index (χ0n) is 7.83.